The zero-order chi connectivity index (χ0) is 11.3. The molecule has 2 N–H and O–H groups in total. The molecule has 0 fully saturated rings. The van der Waals surface area contributed by atoms with Crippen molar-refractivity contribution in [2.75, 3.05) is 5.32 Å². The van der Waals surface area contributed by atoms with Crippen molar-refractivity contribution in [3.8, 4) is 0 Å². The first-order chi connectivity index (χ1) is 7.01. The number of hydrogen-bond donors (Lipinski definition) is 2. The standard InChI is InChI=1S/C13H20N2/c1-5-14-12-8-6-11(7-9-12)10-15-13(2,3)4/h5-9,14-15H,1,10H2,2-4H3. The second kappa shape index (κ2) is 4.99. The zero-order valence-corrected chi connectivity index (χ0v) is 9.80. The highest BCUT2D eigenvalue weighted by Crippen LogP contribution is 2.10. The van der Waals surface area contributed by atoms with Gasteiger partial charge in [-0.2, -0.15) is 0 Å². The van der Waals surface area contributed by atoms with Crippen LogP contribution in [0.5, 0.6) is 0 Å². The monoisotopic (exact) mass is 204 g/mol. The topological polar surface area (TPSA) is 24.1 Å². The second-order valence-electron chi connectivity index (χ2n) is 4.65. The molecular formula is C13H20N2. The maximum atomic E-state index is 3.62. The Kier molecular flexibility index (Phi) is 3.92. The third-order valence-electron chi connectivity index (χ3n) is 2.05. The van der Waals surface area contributed by atoms with Gasteiger partial charge in [-0.15, -0.1) is 0 Å². The minimum Gasteiger partial charge on any atom is -0.362 e. The first-order valence-electron chi connectivity index (χ1n) is 5.23. The van der Waals surface area contributed by atoms with E-state index >= 15 is 0 Å². The molecule has 82 valence electrons. The van der Waals surface area contributed by atoms with Crippen molar-refractivity contribution < 1.29 is 0 Å². The van der Waals surface area contributed by atoms with Gasteiger partial charge in [-0.25, -0.2) is 0 Å². The van der Waals surface area contributed by atoms with Crippen LogP contribution in [-0.2, 0) is 6.54 Å². The van der Waals surface area contributed by atoms with Gasteiger partial charge in [0.2, 0.25) is 0 Å². The van der Waals surface area contributed by atoms with Crippen molar-refractivity contribution in [3.63, 3.8) is 0 Å². The highest BCUT2D eigenvalue weighted by Gasteiger charge is 2.07. The molecule has 0 bridgehead atoms. The lowest BCUT2D eigenvalue weighted by Crippen LogP contribution is -2.35. The van der Waals surface area contributed by atoms with Crippen LogP contribution in [-0.4, -0.2) is 5.54 Å². The summed E-state index contributed by atoms with van der Waals surface area (Å²) >= 11 is 0. The summed E-state index contributed by atoms with van der Waals surface area (Å²) in [6.45, 7) is 11.0. The molecule has 0 heterocycles. The van der Waals surface area contributed by atoms with Gasteiger partial charge in [0.25, 0.3) is 0 Å². The summed E-state index contributed by atoms with van der Waals surface area (Å²) < 4.78 is 0. The fourth-order valence-corrected chi connectivity index (χ4v) is 1.20. The van der Waals surface area contributed by atoms with E-state index in [1.165, 1.54) is 5.56 Å². The van der Waals surface area contributed by atoms with E-state index in [9.17, 15) is 0 Å². The van der Waals surface area contributed by atoms with E-state index in [1.54, 1.807) is 6.20 Å². The molecule has 0 spiro atoms. The lowest BCUT2D eigenvalue weighted by molar-refractivity contribution is 0.424. The largest absolute Gasteiger partial charge is 0.362 e. The number of hydrogen-bond acceptors (Lipinski definition) is 2. The van der Waals surface area contributed by atoms with Gasteiger partial charge in [-0.1, -0.05) is 18.7 Å². The minimum absolute atomic E-state index is 0.165. The zero-order valence-electron chi connectivity index (χ0n) is 9.80. The van der Waals surface area contributed by atoms with Crippen LogP contribution < -0.4 is 10.6 Å². The van der Waals surface area contributed by atoms with E-state index in [1.807, 2.05) is 0 Å². The van der Waals surface area contributed by atoms with E-state index in [4.69, 9.17) is 0 Å². The molecular weight excluding hydrogens is 184 g/mol. The van der Waals surface area contributed by atoms with Crippen LogP contribution in [0.1, 0.15) is 26.3 Å². The average Bonchev–Trinajstić information content (AvgIpc) is 2.16. The van der Waals surface area contributed by atoms with Gasteiger partial charge in [0.15, 0.2) is 0 Å². The normalized spacial score (nSPS) is 11.1. The molecule has 0 aliphatic heterocycles. The average molecular weight is 204 g/mol. The summed E-state index contributed by atoms with van der Waals surface area (Å²) in [6.07, 6.45) is 1.68. The molecule has 1 rings (SSSR count). The summed E-state index contributed by atoms with van der Waals surface area (Å²) in [5.41, 5.74) is 2.53. The molecule has 0 saturated carbocycles. The Bertz CT molecular complexity index is 306. The Morgan fingerprint density at radius 1 is 1.20 bits per heavy atom. The lowest BCUT2D eigenvalue weighted by Gasteiger charge is -2.20. The predicted molar refractivity (Wildman–Crippen MR) is 66.9 cm³/mol. The van der Waals surface area contributed by atoms with Gasteiger partial charge in [0.1, 0.15) is 0 Å². The molecule has 1 aromatic rings. The first kappa shape index (κ1) is 11.8. The lowest BCUT2D eigenvalue weighted by atomic mass is 10.1. The first-order valence-corrected chi connectivity index (χ1v) is 5.23. The number of rotatable bonds is 4. The molecule has 2 nitrogen and oxygen atoms in total. The number of nitrogens with one attached hydrogen (secondary N) is 2. The highest BCUT2D eigenvalue weighted by atomic mass is 14.9. The molecule has 0 aliphatic carbocycles. The van der Waals surface area contributed by atoms with Gasteiger partial charge in [-0.3, -0.25) is 0 Å². The smallest absolute Gasteiger partial charge is 0.0379 e. The third-order valence-corrected chi connectivity index (χ3v) is 2.05. The molecule has 0 aromatic heterocycles. The fourth-order valence-electron chi connectivity index (χ4n) is 1.20. The molecule has 0 saturated heterocycles. The van der Waals surface area contributed by atoms with Crippen molar-refractivity contribution in [2.45, 2.75) is 32.9 Å². The van der Waals surface area contributed by atoms with Crippen molar-refractivity contribution in [1.82, 2.24) is 5.32 Å². The van der Waals surface area contributed by atoms with E-state index in [0.29, 0.717) is 0 Å². The Morgan fingerprint density at radius 3 is 2.27 bits per heavy atom. The van der Waals surface area contributed by atoms with Crippen LogP contribution >= 0.6 is 0 Å². The van der Waals surface area contributed by atoms with Crippen LogP contribution in [0.2, 0.25) is 0 Å². The molecule has 0 aliphatic rings. The molecule has 0 amide bonds. The van der Waals surface area contributed by atoms with Crippen LogP contribution in [0.4, 0.5) is 5.69 Å². The number of anilines is 1. The third kappa shape index (κ3) is 4.66. The SMILES string of the molecule is C=CNc1ccc(CNC(C)(C)C)cc1. The minimum atomic E-state index is 0.165. The Morgan fingerprint density at radius 2 is 1.80 bits per heavy atom. The van der Waals surface area contributed by atoms with Gasteiger partial charge in [0.05, 0.1) is 0 Å². The predicted octanol–water partition coefficient (Wildman–Crippen LogP) is 3.13. The highest BCUT2D eigenvalue weighted by molar-refractivity contribution is 5.46. The van der Waals surface area contributed by atoms with Crippen LogP contribution in [0.15, 0.2) is 37.0 Å². The Labute approximate surface area is 92.4 Å². The quantitative estimate of drug-likeness (QED) is 0.787. The van der Waals surface area contributed by atoms with Gasteiger partial charge >= 0.3 is 0 Å². The summed E-state index contributed by atoms with van der Waals surface area (Å²) in [4.78, 5) is 0. The molecule has 0 unspecified atom stereocenters. The second-order valence-corrected chi connectivity index (χ2v) is 4.65. The molecule has 15 heavy (non-hydrogen) atoms. The van der Waals surface area contributed by atoms with Crippen molar-refractivity contribution in [1.29, 1.82) is 0 Å². The Balaban J connectivity index is 2.53. The number of benzene rings is 1. The van der Waals surface area contributed by atoms with Crippen LogP contribution in [0.25, 0.3) is 0 Å². The van der Waals surface area contributed by atoms with E-state index < -0.39 is 0 Å². The van der Waals surface area contributed by atoms with E-state index in [0.717, 1.165) is 12.2 Å². The maximum Gasteiger partial charge on any atom is 0.0379 e. The van der Waals surface area contributed by atoms with Crippen molar-refractivity contribution >= 4 is 5.69 Å². The van der Waals surface area contributed by atoms with Crippen molar-refractivity contribution in [3.05, 3.63) is 42.6 Å². The molecule has 0 radical (unpaired) electrons. The van der Waals surface area contributed by atoms with Gasteiger partial charge in [-0.05, 0) is 44.7 Å². The van der Waals surface area contributed by atoms with Gasteiger partial charge < -0.3 is 10.6 Å². The Hall–Kier alpha value is -1.28. The van der Waals surface area contributed by atoms with E-state index in [-0.39, 0.29) is 5.54 Å². The summed E-state index contributed by atoms with van der Waals surface area (Å²) in [6, 6.07) is 8.35. The van der Waals surface area contributed by atoms with E-state index in [2.05, 4.69) is 62.2 Å². The summed E-state index contributed by atoms with van der Waals surface area (Å²) in [7, 11) is 0. The fraction of sp³-hybridized carbons (Fsp3) is 0.385. The van der Waals surface area contributed by atoms with Crippen LogP contribution in [0, 0.1) is 0 Å². The van der Waals surface area contributed by atoms with Gasteiger partial charge in [0, 0.05) is 17.8 Å². The van der Waals surface area contributed by atoms with Crippen LogP contribution in [0.3, 0.4) is 0 Å². The maximum absolute atomic E-state index is 3.62. The van der Waals surface area contributed by atoms with Crippen molar-refractivity contribution in [2.24, 2.45) is 0 Å². The molecule has 1 aromatic carbocycles. The summed E-state index contributed by atoms with van der Waals surface area (Å²) in [5, 5.41) is 6.50. The molecule has 2 heteroatoms. The summed E-state index contributed by atoms with van der Waals surface area (Å²) in [5.74, 6) is 0. The molecule has 0 atom stereocenters.